The van der Waals surface area contributed by atoms with Gasteiger partial charge in [-0.2, -0.15) is 0 Å². The average molecular weight is 389 g/mol. The van der Waals surface area contributed by atoms with Crippen molar-refractivity contribution in [2.24, 2.45) is 0 Å². The Morgan fingerprint density at radius 3 is 2.82 bits per heavy atom. The predicted octanol–water partition coefficient (Wildman–Crippen LogP) is 3.99. The number of aryl methyl sites for hydroxylation is 2. The molecule has 0 bridgehead atoms. The molecule has 7 heteroatoms. The van der Waals surface area contributed by atoms with Crippen LogP contribution in [0.3, 0.4) is 0 Å². The highest BCUT2D eigenvalue weighted by atomic mass is 32.1. The SMILES string of the molecule is Cc1cccc2sc(N(Cc3ccccc3)C(=O)c3nnc4n3CCC4)nc12. The van der Waals surface area contributed by atoms with Gasteiger partial charge in [-0.3, -0.25) is 9.69 Å². The molecule has 0 N–H and O–H groups in total. The van der Waals surface area contributed by atoms with Crippen LogP contribution in [0.25, 0.3) is 10.2 Å². The van der Waals surface area contributed by atoms with Gasteiger partial charge in [-0.1, -0.05) is 53.8 Å². The zero-order valence-electron chi connectivity index (χ0n) is 15.5. The van der Waals surface area contributed by atoms with Crippen molar-refractivity contribution in [2.45, 2.75) is 32.9 Å². The van der Waals surface area contributed by atoms with Gasteiger partial charge in [0, 0.05) is 13.0 Å². The minimum absolute atomic E-state index is 0.152. The number of carbonyl (C=O) groups is 1. The van der Waals surface area contributed by atoms with E-state index in [1.54, 1.807) is 4.90 Å². The molecule has 0 aliphatic carbocycles. The van der Waals surface area contributed by atoms with E-state index in [1.807, 2.05) is 60.0 Å². The van der Waals surface area contributed by atoms with Crippen LogP contribution in [0.1, 0.15) is 34.0 Å². The molecule has 0 saturated carbocycles. The van der Waals surface area contributed by atoms with Crippen molar-refractivity contribution >= 4 is 32.6 Å². The third-order valence-electron chi connectivity index (χ3n) is 5.07. The molecule has 140 valence electrons. The van der Waals surface area contributed by atoms with Crippen molar-refractivity contribution < 1.29 is 4.79 Å². The predicted molar refractivity (Wildman–Crippen MR) is 110 cm³/mol. The molecule has 0 saturated heterocycles. The van der Waals surface area contributed by atoms with Gasteiger partial charge < -0.3 is 4.57 Å². The summed E-state index contributed by atoms with van der Waals surface area (Å²) in [7, 11) is 0. The number of nitrogens with zero attached hydrogens (tertiary/aromatic N) is 5. The van der Waals surface area contributed by atoms with E-state index in [-0.39, 0.29) is 5.91 Å². The lowest BCUT2D eigenvalue weighted by Crippen LogP contribution is -2.32. The molecule has 6 nitrogen and oxygen atoms in total. The Morgan fingerprint density at radius 2 is 2.00 bits per heavy atom. The van der Waals surface area contributed by atoms with Crippen LogP contribution in [0.15, 0.2) is 48.5 Å². The molecular weight excluding hydrogens is 370 g/mol. The van der Waals surface area contributed by atoms with Gasteiger partial charge in [0.1, 0.15) is 5.82 Å². The Morgan fingerprint density at radius 1 is 1.14 bits per heavy atom. The van der Waals surface area contributed by atoms with E-state index in [2.05, 4.69) is 10.2 Å². The van der Waals surface area contributed by atoms with E-state index < -0.39 is 0 Å². The number of aromatic nitrogens is 4. The molecule has 3 heterocycles. The molecule has 0 atom stereocenters. The van der Waals surface area contributed by atoms with Crippen molar-refractivity contribution in [3.63, 3.8) is 0 Å². The molecule has 1 aliphatic heterocycles. The second-order valence-electron chi connectivity index (χ2n) is 6.99. The van der Waals surface area contributed by atoms with Crippen LogP contribution in [0, 0.1) is 6.92 Å². The lowest BCUT2D eigenvalue weighted by Gasteiger charge is -2.19. The van der Waals surface area contributed by atoms with Gasteiger partial charge in [-0.25, -0.2) is 4.98 Å². The summed E-state index contributed by atoms with van der Waals surface area (Å²) < 4.78 is 3.02. The molecule has 0 fully saturated rings. The number of fused-ring (bicyclic) bond motifs is 2. The number of thiazole rings is 1. The smallest absolute Gasteiger partial charge is 0.298 e. The maximum atomic E-state index is 13.5. The van der Waals surface area contributed by atoms with E-state index >= 15 is 0 Å². The summed E-state index contributed by atoms with van der Waals surface area (Å²) in [5.41, 5.74) is 3.10. The van der Waals surface area contributed by atoms with E-state index in [0.717, 1.165) is 46.6 Å². The first kappa shape index (κ1) is 17.1. The topological polar surface area (TPSA) is 63.9 Å². The van der Waals surface area contributed by atoms with Crippen LogP contribution in [-0.4, -0.2) is 25.7 Å². The van der Waals surface area contributed by atoms with Gasteiger partial charge in [0.15, 0.2) is 5.13 Å². The van der Waals surface area contributed by atoms with Crippen LogP contribution in [0.4, 0.5) is 5.13 Å². The third kappa shape index (κ3) is 2.88. The summed E-state index contributed by atoms with van der Waals surface area (Å²) in [4.78, 5) is 20.0. The number of carbonyl (C=O) groups excluding carboxylic acids is 1. The quantitative estimate of drug-likeness (QED) is 0.529. The summed E-state index contributed by atoms with van der Waals surface area (Å²) >= 11 is 1.53. The van der Waals surface area contributed by atoms with Gasteiger partial charge in [0.2, 0.25) is 5.82 Å². The van der Waals surface area contributed by atoms with E-state index in [4.69, 9.17) is 4.98 Å². The van der Waals surface area contributed by atoms with Crippen LogP contribution in [-0.2, 0) is 19.5 Å². The lowest BCUT2D eigenvalue weighted by molar-refractivity contribution is 0.0970. The van der Waals surface area contributed by atoms with Crippen LogP contribution in [0.2, 0.25) is 0 Å². The van der Waals surface area contributed by atoms with Gasteiger partial charge in [0.25, 0.3) is 5.91 Å². The first-order valence-corrected chi connectivity index (χ1v) is 10.2. The molecule has 2 aromatic carbocycles. The summed E-state index contributed by atoms with van der Waals surface area (Å²) in [6.45, 7) is 3.28. The number of benzene rings is 2. The third-order valence-corrected chi connectivity index (χ3v) is 6.11. The number of para-hydroxylation sites is 1. The maximum absolute atomic E-state index is 13.5. The summed E-state index contributed by atoms with van der Waals surface area (Å²) in [5.74, 6) is 1.14. The molecule has 1 amide bonds. The van der Waals surface area contributed by atoms with Crippen molar-refractivity contribution in [1.29, 1.82) is 0 Å². The molecule has 1 aliphatic rings. The summed E-state index contributed by atoms with van der Waals surface area (Å²) in [6, 6.07) is 16.1. The first-order chi connectivity index (χ1) is 13.7. The van der Waals surface area contributed by atoms with Crippen molar-refractivity contribution in [3.8, 4) is 0 Å². The normalized spacial score (nSPS) is 13.0. The second kappa shape index (κ2) is 6.83. The highest BCUT2D eigenvalue weighted by Gasteiger charge is 2.29. The second-order valence-corrected chi connectivity index (χ2v) is 8.00. The zero-order chi connectivity index (χ0) is 19.1. The van der Waals surface area contributed by atoms with Gasteiger partial charge in [-0.15, -0.1) is 10.2 Å². The maximum Gasteiger partial charge on any atom is 0.298 e. The molecule has 0 radical (unpaired) electrons. The summed E-state index contributed by atoms with van der Waals surface area (Å²) in [6.07, 6.45) is 1.88. The molecule has 0 unspecified atom stereocenters. The fourth-order valence-electron chi connectivity index (χ4n) is 3.61. The van der Waals surface area contributed by atoms with Crippen molar-refractivity contribution in [3.05, 3.63) is 71.3 Å². The van der Waals surface area contributed by atoms with E-state index in [1.165, 1.54) is 11.3 Å². The fourth-order valence-corrected chi connectivity index (χ4v) is 4.65. The van der Waals surface area contributed by atoms with E-state index in [9.17, 15) is 4.79 Å². The van der Waals surface area contributed by atoms with Crippen LogP contribution >= 0.6 is 11.3 Å². The Labute approximate surface area is 166 Å². The van der Waals surface area contributed by atoms with Crippen molar-refractivity contribution in [2.75, 3.05) is 4.90 Å². The molecule has 28 heavy (non-hydrogen) atoms. The highest BCUT2D eigenvalue weighted by molar-refractivity contribution is 7.22. The van der Waals surface area contributed by atoms with Crippen LogP contribution < -0.4 is 4.90 Å². The first-order valence-electron chi connectivity index (χ1n) is 9.35. The van der Waals surface area contributed by atoms with E-state index in [0.29, 0.717) is 17.5 Å². The highest BCUT2D eigenvalue weighted by Crippen LogP contribution is 2.32. The van der Waals surface area contributed by atoms with Gasteiger partial charge in [0.05, 0.1) is 16.8 Å². The van der Waals surface area contributed by atoms with Gasteiger partial charge in [-0.05, 0) is 30.5 Å². The Bertz CT molecular complexity index is 1160. The number of amides is 1. The minimum atomic E-state index is -0.152. The van der Waals surface area contributed by atoms with Crippen LogP contribution in [0.5, 0.6) is 0 Å². The standard InChI is InChI=1S/C21H19N5OS/c1-14-7-5-10-16-18(14)22-21(28-16)26(13-15-8-3-2-4-9-15)20(27)19-24-23-17-11-6-12-25(17)19/h2-5,7-10H,6,11-13H2,1H3. The largest absolute Gasteiger partial charge is 0.307 e. The number of hydrogen-bond acceptors (Lipinski definition) is 5. The monoisotopic (exact) mass is 389 g/mol. The Balaban J connectivity index is 1.59. The summed E-state index contributed by atoms with van der Waals surface area (Å²) in [5, 5.41) is 9.09. The zero-order valence-corrected chi connectivity index (χ0v) is 16.3. The number of anilines is 1. The van der Waals surface area contributed by atoms with Gasteiger partial charge >= 0.3 is 0 Å². The number of hydrogen-bond donors (Lipinski definition) is 0. The Hall–Kier alpha value is -3.06. The van der Waals surface area contributed by atoms with Crippen molar-refractivity contribution in [1.82, 2.24) is 19.7 Å². The number of rotatable bonds is 4. The molecule has 0 spiro atoms. The minimum Gasteiger partial charge on any atom is -0.307 e. The lowest BCUT2D eigenvalue weighted by atomic mass is 10.2. The molecular formula is C21H19N5OS. The molecule has 4 aromatic rings. The molecule has 5 rings (SSSR count). The fraction of sp³-hybridized carbons (Fsp3) is 0.238. The molecule has 2 aromatic heterocycles. The Kier molecular flexibility index (Phi) is 4.16. The average Bonchev–Trinajstić information content (AvgIpc) is 3.42.